The monoisotopic (exact) mass is 363 g/mol. The lowest BCUT2D eigenvalue weighted by molar-refractivity contribution is -0.124. The molecule has 8 nitrogen and oxygen atoms in total. The highest BCUT2D eigenvalue weighted by Gasteiger charge is 2.36. The van der Waals surface area contributed by atoms with E-state index in [1.54, 1.807) is 11.0 Å². The smallest absolute Gasteiger partial charge is 0.238 e. The summed E-state index contributed by atoms with van der Waals surface area (Å²) in [7, 11) is -3.37. The van der Waals surface area contributed by atoms with E-state index in [9.17, 15) is 13.2 Å². The van der Waals surface area contributed by atoms with Gasteiger partial charge in [-0.2, -0.15) is 9.40 Å². The van der Waals surface area contributed by atoms with Crippen LogP contribution in [0.1, 0.15) is 24.0 Å². The number of hydrogen-bond donors (Lipinski definition) is 1. The minimum Gasteiger partial charge on any atom is -0.351 e. The fraction of sp³-hybridized carbons (Fsp3) is 0.438. The maximum absolute atomic E-state index is 12.5. The van der Waals surface area contributed by atoms with Crippen LogP contribution in [-0.4, -0.2) is 52.2 Å². The van der Waals surface area contributed by atoms with Crippen LogP contribution in [0, 0.1) is 0 Å². The second-order valence-electron chi connectivity index (χ2n) is 6.11. The Balaban J connectivity index is 1.66. The van der Waals surface area contributed by atoms with Crippen LogP contribution in [0.3, 0.4) is 0 Å². The molecule has 1 unspecified atom stereocenters. The van der Waals surface area contributed by atoms with Gasteiger partial charge >= 0.3 is 0 Å². The van der Waals surface area contributed by atoms with Crippen LogP contribution in [0.5, 0.6) is 0 Å². The number of carbonyl (C=O) groups excluding carboxylic acids is 1. The van der Waals surface area contributed by atoms with E-state index >= 15 is 0 Å². The molecule has 134 valence electrons. The maximum atomic E-state index is 12.5. The van der Waals surface area contributed by atoms with Gasteiger partial charge in [-0.15, -0.1) is 0 Å². The lowest BCUT2D eigenvalue weighted by Crippen LogP contribution is -2.45. The van der Waals surface area contributed by atoms with Gasteiger partial charge < -0.3 is 5.32 Å². The van der Waals surface area contributed by atoms with E-state index in [0.717, 1.165) is 17.4 Å². The minimum atomic E-state index is -3.37. The third-order valence-electron chi connectivity index (χ3n) is 4.30. The lowest BCUT2D eigenvalue weighted by atomic mass is 10.1. The number of nitrogens with one attached hydrogen (secondary N) is 1. The number of carbonyl (C=O) groups is 1. The topological polar surface area (TPSA) is 97.2 Å². The molecular weight excluding hydrogens is 342 g/mol. The first-order valence-electron chi connectivity index (χ1n) is 8.09. The number of hydrogen-bond acceptors (Lipinski definition) is 5. The quantitative estimate of drug-likeness (QED) is 0.800. The number of aromatic nitrogens is 3. The number of amides is 1. The first-order chi connectivity index (χ1) is 11.9. The van der Waals surface area contributed by atoms with Crippen LogP contribution in [-0.2, 0) is 27.9 Å². The Labute approximate surface area is 146 Å². The van der Waals surface area contributed by atoms with Gasteiger partial charge in [-0.05, 0) is 24.0 Å². The van der Waals surface area contributed by atoms with Gasteiger partial charge in [0.15, 0.2) is 0 Å². The average Bonchev–Trinajstić information content (AvgIpc) is 3.24. The van der Waals surface area contributed by atoms with Crippen LogP contribution >= 0.6 is 0 Å². The Morgan fingerprint density at radius 3 is 2.76 bits per heavy atom. The van der Waals surface area contributed by atoms with Crippen molar-refractivity contribution in [1.29, 1.82) is 0 Å². The van der Waals surface area contributed by atoms with Crippen LogP contribution in [0.2, 0.25) is 0 Å². The summed E-state index contributed by atoms with van der Waals surface area (Å²) < 4.78 is 26.6. The Morgan fingerprint density at radius 1 is 1.32 bits per heavy atom. The predicted molar refractivity (Wildman–Crippen MR) is 92.0 cm³/mol. The van der Waals surface area contributed by atoms with Gasteiger partial charge in [0.2, 0.25) is 15.9 Å². The molecular formula is C16H21N5O3S. The highest BCUT2D eigenvalue weighted by molar-refractivity contribution is 7.88. The molecule has 1 amide bonds. The summed E-state index contributed by atoms with van der Waals surface area (Å²) in [6, 6.07) is 7.14. The Hall–Kier alpha value is -2.26. The molecule has 2 aromatic rings. The predicted octanol–water partition coefficient (Wildman–Crippen LogP) is 0.367. The summed E-state index contributed by atoms with van der Waals surface area (Å²) in [5.41, 5.74) is 2.00. The third-order valence-corrected chi connectivity index (χ3v) is 5.59. The second kappa shape index (κ2) is 7.32. The molecule has 9 heteroatoms. The second-order valence-corrected chi connectivity index (χ2v) is 8.05. The van der Waals surface area contributed by atoms with E-state index in [2.05, 4.69) is 15.4 Å². The minimum absolute atomic E-state index is 0.251. The lowest BCUT2D eigenvalue weighted by Gasteiger charge is -2.21. The molecule has 1 fully saturated rings. The SMILES string of the molecule is CS(=O)(=O)N1CCCC1C(=O)NCc1ccccc1Cn1cncn1. The molecule has 0 bridgehead atoms. The zero-order chi connectivity index (χ0) is 17.9. The van der Waals surface area contributed by atoms with Crippen molar-refractivity contribution in [2.75, 3.05) is 12.8 Å². The van der Waals surface area contributed by atoms with Crippen molar-refractivity contribution in [2.45, 2.75) is 32.0 Å². The van der Waals surface area contributed by atoms with Crippen LogP contribution < -0.4 is 5.32 Å². The van der Waals surface area contributed by atoms with Crippen molar-refractivity contribution >= 4 is 15.9 Å². The molecule has 1 N–H and O–H groups in total. The molecule has 1 aliphatic heterocycles. The van der Waals surface area contributed by atoms with Crippen molar-refractivity contribution in [3.8, 4) is 0 Å². The van der Waals surface area contributed by atoms with Crippen molar-refractivity contribution in [3.63, 3.8) is 0 Å². The van der Waals surface area contributed by atoms with Crippen molar-refractivity contribution in [3.05, 3.63) is 48.0 Å². The van der Waals surface area contributed by atoms with E-state index in [1.807, 2.05) is 24.3 Å². The van der Waals surface area contributed by atoms with Crippen molar-refractivity contribution < 1.29 is 13.2 Å². The molecule has 1 aliphatic rings. The van der Waals surface area contributed by atoms with Gasteiger partial charge in [0.05, 0.1) is 12.8 Å². The fourth-order valence-corrected chi connectivity index (χ4v) is 4.20. The number of sulfonamides is 1. The first-order valence-corrected chi connectivity index (χ1v) is 9.93. The molecule has 3 rings (SSSR count). The summed E-state index contributed by atoms with van der Waals surface area (Å²) >= 11 is 0. The standard InChI is InChI=1S/C16H21N5O3S/c1-25(23,24)21-8-4-7-15(21)16(22)18-9-13-5-2-3-6-14(13)10-20-12-17-11-19-20/h2-3,5-6,11-12,15H,4,7-10H2,1H3,(H,18,22). The zero-order valence-electron chi connectivity index (χ0n) is 14.0. The van der Waals surface area contributed by atoms with Crippen LogP contribution in [0.4, 0.5) is 0 Å². The normalized spacial score (nSPS) is 18.4. The summed E-state index contributed by atoms with van der Waals surface area (Å²) in [6.07, 6.45) is 5.52. The van der Waals surface area contributed by atoms with Crippen molar-refractivity contribution in [1.82, 2.24) is 24.4 Å². The summed E-state index contributed by atoms with van der Waals surface area (Å²) in [6.45, 7) is 1.31. The Morgan fingerprint density at radius 2 is 2.08 bits per heavy atom. The molecule has 1 aromatic carbocycles. The number of rotatable bonds is 6. The van der Waals surface area contributed by atoms with Crippen LogP contribution in [0.25, 0.3) is 0 Å². The number of nitrogens with zero attached hydrogens (tertiary/aromatic N) is 4. The van der Waals surface area contributed by atoms with Gasteiger partial charge in [0, 0.05) is 13.1 Å². The van der Waals surface area contributed by atoms with E-state index in [0.29, 0.717) is 32.5 Å². The van der Waals surface area contributed by atoms with Gasteiger partial charge in [0.25, 0.3) is 0 Å². The summed E-state index contributed by atoms with van der Waals surface area (Å²) in [5, 5.41) is 6.97. The first kappa shape index (κ1) is 17.6. The Kier molecular flexibility index (Phi) is 5.14. The highest BCUT2D eigenvalue weighted by atomic mass is 32.2. The van der Waals surface area contributed by atoms with E-state index in [1.165, 1.54) is 10.6 Å². The third kappa shape index (κ3) is 4.23. The molecule has 1 aromatic heterocycles. The maximum Gasteiger partial charge on any atom is 0.238 e. The molecule has 1 saturated heterocycles. The van der Waals surface area contributed by atoms with Gasteiger partial charge in [-0.1, -0.05) is 24.3 Å². The zero-order valence-corrected chi connectivity index (χ0v) is 14.8. The summed E-state index contributed by atoms with van der Waals surface area (Å²) in [4.78, 5) is 16.4. The molecule has 0 radical (unpaired) electrons. The van der Waals surface area contributed by atoms with Gasteiger partial charge in [-0.3, -0.25) is 4.79 Å². The van der Waals surface area contributed by atoms with Crippen molar-refractivity contribution in [2.24, 2.45) is 0 Å². The fourth-order valence-electron chi connectivity index (χ4n) is 3.07. The molecule has 25 heavy (non-hydrogen) atoms. The molecule has 2 heterocycles. The molecule has 1 atom stereocenters. The van der Waals surface area contributed by atoms with E-state index in [4.69, 9.17) is 0 Å². The average molecular weight is 363 g/mol. The van der Waals surface area contributed by atoms with Gasteiger partial charge in [-0.25, -0.2) is 18.1 Å². The van der Waals surface area contributed by atoms with Crippen LogP contribution in [0.15, 0.2) is 36.9 Å². The van der Waals surface area contributed by atoms with E-state index in [-0.39, 0.29) is 5.91 Å². The molecule has 0 saturated carbocycles. The molecule has 0 aliphatic carbocycles. The Bertz CT molecular complexity index is 835. The largest absolute Gasteiger partial charge is 0.351 e. The van der Waals surface area contributed by atoms with E-state index < -0.39 is 16.1 Å². The molecule has 0 spiro atoms. The summed E-state index contributed by atoms with van der Waals surface area (Å²) in [5.74, 6) is -0.251. The van der Waals surface area contributed by atoms with Gasteiger partial charge in [0.1, 0.15) is 18.7 Å². The highest BCUT2D eigenvalue weighted by Crippen LogP contribution is 2.20. The number of benzene rings is 1.